The van der Waals surface area contributed by atoms with E-state index in [1.54, 1.807) is 6.92 Å². The number of alkyl halides is 1. The first-order valence-corrected chi connectivity index (χ1v) is 6.38. The predicted molar refractivity (Wildman–Crippen MR) is 64.1 cm³/mol. The maximum atomic E-state index is 11.6. The minimum absolute atomic E-state index is 0.205. The summed E-state index contributed by atoms with van der Waals surface area (Å²) in [4.78, 5) is 20.2. The molecule has 92 valence electrons. The molecule has 0 aromatic carbocycles. The first kappa shape index (κ1) is 12.3. The number of hydrogen-bond acceptors (Lipinski definition) is 4. The molecule has 0 spiro atoms. The van der Waals surface area contributed by atoms with Crippen molar-refractivity contribution in [3.63, 3.8) is 0 Å². The van der Waals surface area contributed by atoms with Crippen LogP contribution in [0.2, 0.25) is 0 Å². The SMILES string of the molecule is CCOC(=O)c1cnc(C2CCC2)nc1CCl. The van der Waals surface area contributed by atoms with Crippen molar-refractivity contribution in [1.29, 1.82) is 0 Å². The molecule has 0 N–H and O–H groups in total. The highest BCUT2D eigenvalue weighted by Crippen LogP contribution is 2.34. The molecule has 0 saturated heterocycles. The van der Waals surface area contributed by atoms with Crippen molar-refractivity contribution in [1.82, 2.24) is 9.97 Å². The Morgan fingerprint density at radius 1 is 1.59 bits per heavy atom. The Balaban J connectivity index is 2.24. The normalized spacial score (nSPS) is 15.4. The Labute approximate surface area is 105 Å². The van der Waals surface area contributed by atoms with Gasteiger partial charge < -0.3 is 4.74 Å². The molecular weight excluding hydrogens is 240 g/mol. The van der Waals surface area contributed by atoms with E-state index < -0.39 is 5.97 Å². The van der Waals surface area contributed by atoms with Crippen molar-refractivity contribution in [2.45, 2.75) is 38.0 Å². The van der Waals surface area contributed by atoms with E-state index in [1.807, 2.05) is 0 Å². The summed E-state index contributed by atoms with van der Waals surface area (Å²) in [5.41, 5.74) is 0.951. The quantitative estimate of drug-likeness (QED) is 0.612. The lowest BCUT2D eigenvalue weighted by atomic mass is 9.85. The second-order valence-corrected chi connectivity index (χ2v) is 4.34. The molecular formula is C12H15ClN2O2. The maximum absolute atomic E-state index is 11.6. The fourth-order valence-electron chi connectivity index (χ4n) is 1.78. The molecule has 0 aliphatic heterocycles. The van der Waals surface area contributed by atoms with Crippen molar-refractivity contribution < 1.29 is 9.53 Å². The number of aromatic nitrogens is 2. The van der Waals surface area contributed by atoms with Gasteiger partial charge in [-0.05, 0) is 19.8 Å². The summed E-state index contributed by atoms with van der Waals surface area (Å²) in [7, 11) is 0. The van der Waals surface area contributed by atoms with E-state index in [4.69, 9.17) is 16.3 Å². The van der Waals surface area contributed by atoms with Gasteiger partial charge in [-0.15, -0.1) is 11.6 Å². The van der Waals surface area contributed by atoms with Crippen LogP contribution in [0.5, 0.6) is 0 Å². The van der Waals surface area contributed by atoms with Crippen molar-refractivity contribution in [2.75, 3.05) is 6.61 Å². The topological polar surface area (TPSA) is 52.1 Å². The third kappa shape index (κ3) is 2.57. The predicted octanol–water partition coefficient (Wildman–Crippen LogP) is 2.66. The highest BCUT2D eigenvalue weighted by atomic mass is 35.5. The fraction of sp³-hybridized carbons (Fsp3) is 0.583. The zero-order valence-electron chi connectivity index (χ0n) is 9.78. The average molecular weight is 255 g/mol. The van der Waals surface area contributed by atoms with Gasteiger partial charge in [0.2, 0.25) is 0 Å². The van der Waals surface area contributed by atoms with Crippen molar-refractivity contribution in [3.05, 3.63) is 23.3 Å². The molecule has 0 bridgehead atoms. The maximum Gasteiger partial charge on any atom is 0.341 e. The molecule has 1 aliphatic carbocycles. The Kier molecular flexibility index (Phi) is 3.94. The zero-order valence-corrected chi connectivity index (χ0v) is 10.5. The summed E-state index contributed by atoms with van der Waals surface area (Å²) in [6.45, 7) is 2.10. The van der Waals surface area contributed by atoms with E-state index in [9.17, 15) is 4.79 Å². The van der Waals surface area contributed by atoms with Crippen LogP contribution < -0.4 is 0 Å². The highest BCUT2D eigenvalue weighted by Gasteiger charge is 2.24. The smallest absolute Gasteiger partial charge is 0.341 e. The molecule has 1 fully saturated rings. The first-order valence-electron chi connectivity index (χ1n) is 5.85. The Bertz CT molecular complexity index is 419. The van der Waals surface area contributed by atoms with E-state index in [0.29, 0.717) is 23.8 Å². The second-order valence-electron chi connectivity index (χ2n) is 4.07. The van der Waals surface area contributed by atoms with Crippen LogP contribution in [-0.2, 0) is 10.6 Å². The van der Waals surface area contributed by atoms with Gasteiger partial charge in [-0.1, -0.05) is 6.42 Å². The van der Waals surface area contributed by atoms with Crippen LogP contribution in [-0.4, -0.2) is 22.5 Å². The number of carbonyl (C=O) groups excluding carboxylic acids is 1. The largest absolute Gasteiger partial charge is 0.462 e. The summed E-state index contributed by atoms with van der Waals surface area (Å²) in [6.07, 6.45) is 5.02. The number of carbonyl (C=O) groups is 1. The summed E-state index contributed by atoms with van der Waals surface area (Å²) >= 11 is 5.82. The average Bonchev–Trinajstić information content (AvgIpc) is 2.27. The third-order valence-corrected chi connectivity index (χ3v) is 3.23. The van der Waals surface area contributed by atoms with E-state index in [1.165, 1.54) is 12.6 Å². The van der Waals surface area contributed by atoms with E-state index in [0.717, 1.165) is 18.7 Å². The minimum atomic E-state index is -0.400. The van der Waals surface area contributed by atoms with Gasteiger partial charge in [0.15, 0.2) is 0 Å². The molecule has 1 aliphatic rings. The van der Waals surface area contributed by atoms with Crippen LogP contribution in [0.25, 0.3) is 0 Å². The van der Waals surface area contributed by atoms with E-state index in [2.05, 4.69) is 9.97 Å². The fourth-order valence-corrected chi connectivity index (χ4v) is 1.98. The number of nitrogens with zero attached hydrogens (tertiary/aromatic N) is 2. The van der Waals surface area contributed by atoms with Gasteiger partial charge in [0, 0.05) is 12.1 Å². The Morgan fingerprint density at radius 2 is 2.35 bits per heavy atom. The standard InChI is InChI=1S/C12H15ClN2O2/c1-2-17-12(16)9-7-14-11(8-4-3-5-8)15-10(9)6-13/h7-8H,2-6H2,1H3. The molecule has 0 amide bonds. The number of rotatable bonds is 4. The van der Waals surface area contributed by atoms with Gasteiger partial charge >= 0.3 is 5.97 Å². The van der Waals surface area contributed by atoms with Gasteiger partial charge in [0.1, 0.15) is 11.4 Å². The van der Waals surface area contributed by atoms with Crippen LogP contribution in [0.4, 0.5) is 0 Å². The lowest BCUT2D eigenvalue weighted by molar-refractivity contribution is 0.0524. The molecule has 1 aromatic rings. The van der Waals surface area contributed by atoms with Gasteiger partial charge in [-0.2, -0.15) is 0 Å². The summed E-state index contributed by atoms with van der Waals surface area (Å²) < 4.78 is 4.93. The lowest BCUT2D eigenvalue weighted by Crippen LogP contribution is -2.16. The van der Waals surface area contributed by atoms with Crippen molar-refractivity contribution >= 4 is 17.6 Å². The monoisotopic (exact) mass is 254 g/mol. The van der Waals surface area contributed by atoms with Crippen molar-refractivity contribution in [3.8, 4) is 0 Å². The summed E-state index contributed by atoms with van der Waals surface area (Å²) in [5, 5.41) is 0. The Morgan fingerprint density at radius 3 is 2.88 bits per heavy atom. The van der Waals surface area contributed by atoms with Crippen LogP contribution >= 0.6 is 11.6 Å². The van der Waals surface area contributed by atoms with E-state index in [-0.39, 0.29) is 5.88 Å². The molecule has 5 heteroatoms. The van der Waals surface area contributed by atoms with Gasteiger partial charge in [-0.3, -0.25) is 0 Å². The highest BCUT2D eigenvalue weighted by molar-refractivity contribution is 6.17. The first-order chi connectivity index (χ1) is 8.26. The number of halogens is 1. The van der Waals surface area contributed by atoms with Crippen LogP contribution in [0.15, 0.2) is 6.20 Å². The second kappa shape index (κ2) is 5.45. The molecule has 17 heavy (non-hydrogen) atoms. The third-order valence-electron chi connectivity index (χ3n) is 2.98. The van der Waals surface area contributed by atoms with Gasteiger partial charge in [0.05, 0.1) is 18.2 Å². The molecule has 0 atom stereocenters. The molecule has 1 heterocycles. The molecule has 1 aromatic heterocycles. The van der Waals surface area contributed by atoms with Gasteiger partial charge in [0.25, 0.3) is 0 Å². The summed E-state index contributed by atoms with van der Waals surface area (Å²) in [5.74, 6) is 1.05. The minimum Gasteiger partial charge on any atom is -0.462 e. The molecule has 0 radical (unpaired) electrons. The summed E-state index contributed by atoms with van der Waals surface area (Å²) in [6, 6.07) is 0. The van der Waals surface area contributed by atoms with Crippen LogP contribution in [0, 0.1) is 0 Å². The molecule has 2 rings (SSSR count). The Hall–Kier alpha value is -1.16. The van der Waals surface area contributed by atoms with Gasteiger partial charge in [-0.25, -0.2) is 14.8 Å². The van der Waals surface area contributed by atoms with Crippen LogP contribution in [0.3, 0.4) is 0 Å². The zero-order chi connectivity index (χ0) is 12.3. The number of ether oxygens (including phenoxy) is 1. The van der Waals surface area contributed by atoms with Crippen molar-refractivity contribution in [2.24, 2.45) is 0 Å². The number of esters is 1. The number of hydrogen-bond donors (Lipinski definition) is 0. The van der Waals surface area contributed by atoms with E-state index >= 15 is 0 Å². The molecule has 0 unspecified atom stereocenters. The molecule has 1 saturated carbocycles. The molecule has 4 nitrogen and oxygen atoms in total. The van der Waals surface area contributed by atoms with Crippen LogP contribution in [0.1, 0.15) is 54.0 Å². The lowest BCUT2D eigenvalue weighted by Gasteiger charge is -2.24.